The number of nitrogens with two attached hydrogens (primary N) is 1. The number of aromatic nitrogens is 1. The molecule has 1 rings (SSSR count). The van der Waals surface area contributed by atoms with Crippen LogP contribution < -0.4 is 5.73 Å². The number of thiazole rings is 1. The molecular formula is C8H15N3S. The van der Waals surface area contributed by atoms with Gasteiger partial charge < -0.3 is 5.73 Å². The van der Waals surface area contributed by atoms with Crippen molar-refractivity contribution in [3.8, 4) is 0 Å². The topological polar surface area (TPSA) is 42.1 Å². The van der Waals surface area contributed by atoms with Crippen molar-refractivity contribution in [3.63, 3.8) is 0 Å². The van der Waals surface area contributed by atoms with Gasteiger partial charge in [-0.15, -0.1) is 11.3 Å². The molecule has 0 saturated heterocycles. The van der Waals surface area contributed by atoms with E-state index in [-0.39, 0.29) is 0 Å². The molecule has 0 fully saturated rings. The first kappa shape index (κ1) is 9.64. The van der Waals surface area contributed by atoms with Crippen molar-refractivity contribution in [1.29, 1.82) is 0 Å². The van der Waals surface area contributed by atoms with E-state index in [2.05, 4.69) is 16.8 Å². The lowest BCUT2D eigenvalue weighted by atomic mass is 10.4. The van der Waals surface area contributed by atoms with Crippen molar-refractivity contribution < 1.29 is 0 Å². The second-order valence-electron chi connectivity index (χ2n) is 2.63. The summed E-state index contributed by atoms with van der Waals surface area (Å²) in [5, 5.41) is 0. The van der Waals surface area contributed by atoms with Crippen LogP contribution in [-0.2, 0) is 6.54 Å². The Morgan fingerprint density at radius 2 is 2.50 bits per heavy atom. The fourth-order valence-electron chi connectivity index (χ4n) is 1.07. The van der Waals surface area contributed by atoms with Gasteiger partial charge in [0.25, 0.3) is 0 Å². The van der Waals surface area contributed by atoms with Crippen LogP contribution in [0.3, 0.4) is 0 Å². The molecule has 0 amide bonds. The number of hydrogen-bond acceptors (Lipinski definition) is 4. The highest BCUT2D eigenvalue weighted by Crippen LogP contribution is 2.08. The van der Waals surface area contributed by atoms with E-state index in [1.807, 2.05) is 11.7 Å². The minimum absolute atomic E-state index is 0.729. The molecule has 0 bridgehead atoms. The Kier molecular flexibility index (Phi) is 4.21. The van der Waals surface area contributed by atoms with Crippen LogP contribution in [0.5, 0.6) is 0 Å². The summed E-state index contributed by atoms with van der Waals surface area (Å²) in [6.45, 7) is 5.88. The van der Waals surface area contributed by atoms with Crippen LogP contribution in [0.4, 0.5) is 0 Å². The zero-order valence-electron chi connectivity index (χ0n) is 7.36. The molecule has 68 valence electrons. The van der Waals surface area contributed by atoms with Crippen molar-refractivity contribution in [2.75, 3.05) is 19.6 Å². The second kappa shape index (κ2) is 5.24. The molecule has 12 heavy (non-hydrogen) atoms. The van der Waals surface area contributed by atoms with Crippen LogP contribution in [0.2, 0.25) is 0 Å². The first-order valence-corrected chi connectivity index (χ1v) is 5.04. The number of rotatable bonds is 5. The van der Waals surface area contributed by atoms with Gasteiger partial charge in [-0.25, -0.2) is 0 Å². The highest BCUT2D eigenvalue weighted by Gasteiger charge is 2.02. The average Bonchev–Trinajstić information content (AvgIpc) is 2.56. The van der Waals surface area contributed by atoms with Crippen molar-refractivity contribution in [3.05, 3.63) is 16.6 Å². The van der Waals surface area contributed by atoms with E-state index >= 15 is 0 Å². The number of likely N-dealkylation sites (N-methyl/N-ethyl adjacent to an activating group) is 1. The molecule has 0 unspecified atom stereocenters. The van der Waals surface area contributed by atoms with Gasteiger partial charge in [0.2, 0.25) is 0 Å². The van der Waals surface area contributed by atoms with Gasteiger partial charge in [0, 0.05) is 30.7 Å². The van der Waals surface area contributed by atoms with Crippen molar-refractivity contribution in [2.45, 2.75) is 13.5 Å². The maximum Gasteiger partial charge on any atom is 0.0794 e. The Balaban J connectivity index is 2.37. The van der Waals surface area contributed by atoms with E-state index in [0.29, 0.717) is 0 Å². The first-order valence-electron chi connectivity index (χ1n) is 4.16. The van der Waals surface area contributed by atoms with Crippen molar-refractivity contribution in [1.82, 2.24) is 9.88 Å². The van der Waals surface area contributed by atoms with Crippen molar-refractivity contribution >= 4 is 11.3 Å². The van der Waals surface area contributed by atoms with E-state index in [0.717, 1.165) is 26.2 Å². The monoisotopic (exact) mass is 185 g/mol. The molecule has 1 heterocycles. The molecule has 0 aliphatic heterocycles. The fourth-order valence-corrected chi connectivity index (χ4v) is 1.71. The van der Waals surface area contributed by atoms with Gasteiger partial charge in [-0.05, 0) is 6.54 Å². The zero-order chi connectivity index (χ0) is 8.81. The lowest BCUT2D eigenvalue weighted by molar-refractivity contribution is 0.290. The van der Waals surface area contributed by atoms with Crippen LogP contribution in [0.25, 0.3) is 0 Å². The van der Waals surface area contributed by atoms with Gasteiger partial charge in [-0.3, -0.25) is 9.88 Å². The normalized spacial score (nSPS) is 10.9. The Hall–Kier alpha value is -0.450. The Labute approximate surface area is 77.2 Å². The molecule has 0 spiro atoms. The Morgan fingerprint density at radius 1 is 1.67 bits per heavy atom. The van der Waals surface area contributed by atoms with Gasteiger partial charge in [0.1, 0.15) is 0 Å². The first-order chi connectivity index (χ1) is 5.86. The minimum atomic E-state index is 0.729. The highest BCUT2D eigenvalue weighted by molar-refractivity contribution is 7.09. The zero-order valence-corrected chi connectivity index (χ0v) is 8.18. The summed E-state index contributed by atoms with van der Waals surface area (Å²) in [4.78, 5) is 7.65. The lowest BCUT2D eigenvalue weighted by Crippen LogP contribution is -2.28. The van der Waals surface area contributed by atoms with E-state index in [4.69, 9.17) is 5.73 Å². The molecule has 4 heteroatoms. The van der Waals surface area contributed by atoms with Crippen LogP contribution in [-0.4, -0.2) is 29.5 Å². The summed E-state index contributed by atoms with van der Waals surface area (Å²) in [6, 6.07) is 0. The average molecular weight is 185 g/mol. The van der Waals surface area contributed by atoms with E-state index < -0.39 is 0 Å². The third-order valence-corrected chi connectivity index (χ3v) is 2.52. The largest absolute Gasteiger partial charge is 0.329 e. The Bertz CT molecular complexity index is 198. The van der Waals surface area contributed by atoms with Crippen LogP contribution >= 0.6 is 11.3 Å². The summed E-state index contributed by atoms with van der Waals surface area (Å²) in [6.07, 6.45) is 1.92. The summed E-state index contributed by atoms with van der Waals surface area (Å²) < 4.78 is 0. The maximum absolute atomic E-state index is 5.48. The molecule has 1 aromatic rings. The Morgan fingerprint density at radius 3 is 3.00 bits per heavy atom. The van der Waals surface area contributed by atoms with E-state index in [1.165, 1.54) is 4.88 Å². The summed E-state index contributed by atoms with van der Waals surface area (Å²) >= 11 is 1.70. The standard InChI is InChI=1S/C8H15N3S/c1-2-11(4-3-9)6-8-5-10-7-12-8/h5,7H,2-4,6,9H2,1H3. The molecule has 2 N–H and O–H groups in total. The summed E-state index contributed by atoms with van der Waals surface area (Å²) in [7, 11) is 0. The fraction of sp³-hybridized carbons (Fsp3) is 0.625. The SMILES string of the molecule is CCN(CCN)Cc1cncs1. The molecule has 0 saturated carbocycles. The summed E-state index contributed by atoms with van der Waals surface area (Å²) in [5.41, 5.74) is 7.35. The molecular weight excluding hydrogens is 170 g/mol. The molecule has 0 aliphatic carbocycles. The van der Waals surface area contributed by atoms with Gasteiger partial charge in [0.15, 0.2) is 0 Å². The lowest BCUT2D eigenvalue weighted by Gasteiger charge is -2.17. The molecule has 0 radical (unpaired) electrons. The van der Waals surface area contributed by atoms with Crippen LogP contribution in [0, 0.1) is 0 Å². The predicted molar refractivity (Wildman–Crippen MR) is 52.1 cm³/mol. The maximum atomic E-state index is 5.48. The van der Waals surface area contributed by atoms with Crippen LogP contribution in [0.1, 0.15) is 11.8 Å². The quantitative estimate of drug-likeness (QED) is 0.742. The smallest absolute Gasteiger partial charge is 0.0794 e. The second-order valence-corrected chi connectivity index (χ2v) is 3.60. The van der Waals surface area contributed by atoms with Crippen LogP contribution in [0.15, 0.2) is 11.7 Å². The van der Waals surface area contributed by atoms with Crippen molar-refractivity contribution in [2.24, 2.45) is 5.73 Å². The molecule has 0 aliphatic rings. The number of nitrogens with zero attached hydrogens (tertiary/aromatic N) is 2. The molecule has 0 aromatic carbocycles. The van der Waals surface area contributed by atoms with Gasteiger partial charge in [0.05, 0.1) is 5.51 Å². The predicted octanol–water partition coefficient (Wildman–Crippen LogP) is 0.924. The third kappa shape index (κ3) is 2.89. The minimum Gasteiger partial charge on any atom is -0.329 e. The number of hydrogen-bond donors (Lipinski definition) is 1. The molecule has 0 atom stereocenters. The molecule has 3 nitrogen and oxygen atoms in total. The van der Waals surface area contributed by atoms with E-state index in [1.54, 1.807) is 11.3 Å². The molecule has 1 aromatic heterocycles. The third-order valence-electron chi connectivity index (χ3n) is 1.76. The van der Waals surface area contributed by atoms with Gasteiger partial charge in [-0.1, -0.05) is 6.92 Å². The van der Waals surface area contributed by atoms with E-state index in [9.17, 15) is 0 Å². The van der Waals surface area contributed by atoms with Gasteiger partial charge >= 0.3 is 0 Å². The van der Waals surface area contributed by atoms with Gasteiger partial charge in [-0.2, -0.15) is 0 Å². The highest BCUT2D eigenvalue weighted by atomic mass is 32.1. The summed E-state index contributed by atoms with van der Waals surface area (Å²) in [5.74, 6) is 0.